The topological polar surface area (TPSA) is 59.2 Å². The van der Waals surface area contributed by atoms with Crippen LogP contribution in [0.1, 0.15) is 41.6 Å². The van der Waals surface area contributed by atoms with Crippen molar-refractivity contribution >= 4 is 29.1 Å². The molecule has 1 fully saturated rings. The van der Waals surface area contributed by atoms with Crippen LogP contribution >= 0.6 is 23.2 Å². The molecule has 1 saturated heterocycles. The second-order valence-corrected chi connectivity index (χ2v) is 7.36. The van der Waals surface area contributed by atoms with Gasteiger partial charge in [-0.25, -0.2) is 0 Å². The lowest BCUT2D eigenvalue weighted by molar-refractivity contribution is 0.0561. The second-order valence-electron chi connectivity index (χ2n) is 6.49. The van der Waals surface area contributed by atoms with E-state index in [1.165, 1.54) is 0 Å². The summed E-state index contributed by atoms with van der Waals surface area (Å²) < 4.78 is 5.51. The van der Waals surface area contributed by atoms with Crippen molar-refractivity contribution in [1.29, 1.82) is 0 Å². The quantitative estimate of drug-likeness (QED) is 0.588. The van der Waals surface area contributed by atoms with Crippen LogP contribution in [-0.4, -0.2) is 27.5 Å². The van der Waals surface area contributed by atoms with Crippen molar-refractivity contribution in [3.05, 3.63) is 70.0 Å². The minimum absolute atomic E-state index is 0.0790. The molecule has 1 atom stereocenters. The molecule has 0 bridgehead atoms. The lowest BCUT2D eigenvalue weighted by Gasteiger charge is -2.33. The zero-order valence-electron chi connectivity index (χ0n) is 14.4. The minimum Gasteiger partial charge on any atom is -0.337 e. The number of rotatable bonds is 3. The fraction of sp³-hybridized carbons (Fsp3) is 0.250. The fourth-order valence-electron chi connectivity index (χ4n) is 3.33. The summed E-state index contributed by atoms with van der Waals surface area (Å²) in [7, 11) is 0. The molecule has 4 rings (SSSR count). The van der Waals surface area contributed by atoms with Gasteiger partial charge in [0, 0.05) is 27.7 Å². The van der Waals surface area contributed by atoms with Crippen LogP contribution in [0.5, 0.6) is 0 Å². The van der Waals surface area contributed by atoms with Gasteiger partial charge >= 0.3 is 0 Å². The Kier molecular flexibility index (Phi) is 5.14. The molecule has 0 aliphatic carbocycles. The molecule has 1 amide bonds. The van der Waals surface area contributed by atoms with Crippen LogP contribution in [0.2, 0.25) is 10.0 Å². The van der Waals surface area contributed by atoms with E-state index in [4.69, 9.17) is 27.7 Å². The Labute approximate surface area is 166 Å². The first-order chi connectivity index (χ1) is 13.1. The molecule has 1 aliphatic heterocycles. The Morgan fingerprint density at radius 3 is 2.63 bits per heavy atom. The average Bonchev–Trinajstić information content (AvgIpc) is 3.17. The molecule has 0 spiro atoms. The predicted molar refractivity (Wildman–Crippen MR) is 104 cm³/mol. The van der Waals surface area contributed by atoms with Crippen molar-refractivity contribution in [2.24, 2.45) is 0 Å². The lowest BCUT2D eigenvalue weighted by atomic mass is 10.0. The molecule has 5 nitrogen and oxygen atoms in total. The summed E-state index contributed by atoms with van der Waals surface area (Å²) in [5.74, 6) is 0.831. The van der Waals surface area contributed by atoms with Gasteiger partial charge in [0.1, 0.15) is 6.04 Å². The van der Waals surface area contributed by atoms with E-state index in [-0.39, 0.29) is 11.9 Å². The monoisotopic (exact) mass is 401 g/mol. The van der Waals surface area contributed by atoms with Gasteiger partial charge in [0.15, 0.2) is 0 Å². The van der Waals surface area contributed by atoms with Gasteiger partial charge in [-0.05, 0) is 49.6 Å². The van der Waals surface area contributed by atoms with Gasteiger partial charge in [-0.1, -0.05) is 46.6 Å². The smallest absolute Gasteiger partial charge is 0.254 e. The van der Waals surface area contributed by atoms with Gasteiger partial charge in [-0.2, -0.15) is 4.98 Å². The Morgan fingerprint density at radius 1 is 1.07 bits per heavy atom. The highest BCUT2D eigenvalue weighted by Crippen LogP contribution is 2.32. The number of piperidine rings is 1. The zero-order valence-corrected chi connectivity index (χ0v) is 16.0. The summed E-state index contributed by atoms with van der Waals surface area (Å²) in [5, 5.41) is 5.22. The summed E-state index contributed by atoms with van der Waals surface area (Å²) in [4.78, 5) is 19.3. The standard InChI is InChI=1S/C20H17Cl2N3O2/c21-15-7-3-5-13(11-15)18-23-19(27-24-18)17-9-1-2-10-25(17)20(26)14-6-4-8-16(22)12-14/h3-8,11-12,17H,1-2,9-10H2. The molecule has 1 aliphatic rings. The summed E-state index contributed by atoms with van der Waals surface area (Å²) in [6.07, 6.45) is 2.72. The maximum atomic E-state index is 13.0. The molecule has 2 heterocycles. The van der Waals surface area contributed by atoms with Gasteiger partial charge in [0.25, 0.3) is 5.91 Å². The van der Waals surface area contributed by atoms with Crippen molar-refractivity contribution in [3.8, 4) is 11.4 Å². The van der Waals surface area contributed by atoms with Crippen molar-refractivity contribution < 1.29 is 9.32 Å². The first kappa shape index (κ1) is 18.0. The molecule has 1 aromatic heterocycles. The highest BCUT2D eigenvalue weighted by molar-refractivity contribution is 6.31. The van der Waals surface area contributed by atoms with Crippen molar-refractivity contribution in [2.75, 3.05) is 6.54 Å². The van der Waals surface area contributed by atoms with Crippen molar-refractivity contribution in [1.82, 2.24) is 15.0 Å². The number of halogens is 2. The predicted octanol–water partition coefficient (Wildman–Crippen LogP) is 5.41. The van der Waals surface area contributed by atoms with E-state index >= 15 is 0 Å². The number of nitrogens with zero attached hydrogens (tertiary/aromatic N) is 3. The molecule has 3 aromatic rings. The summed E-state index contributed by atoms with van der Waals surface area (Å²) in [6, 6.07) is 14.0. The molecule has 1 unspecified atom stereocenters. The van der Waals surface area contributed by atoms with E-state index in [2.05, 4.69) is 10.1 Å². The van der Waals surface area contributed by atoms with Crippen molar-refractivity contribution in [2.45, 2.75) is 25.3 Å². The molecule has 0 N–H and O–H groups in total. The molecule has 27 heavy (non-hydrogen) atoms. The number of hydrogen-bond acceptors (Lipinski definition) is 4. The third-order valence-corrected chi connectivity index (χ3v) is 5.12. The van der Waals surface area contributed by atoms with Gasteiger partial charge in [-0.3, -0.25) is 4.79 Å². The SMILES string of the molecule is O=C(c1cccc(Cl)c1)N1CCCCC1c1nc(-c2cccc(Cl)c2)no1. The van der Waals surface area contributed by atoms with Crippen LogP contribution in [0.15, 0.2) is 53.1 Å². The van der Waals surface area contributed by atoms with Crippen LogP contribution in [0.3, 0.4) is 0 Å². The number of aromatic nitrogens is 2. The Morgan fingerprint density at radius 2 is 1.85 bits per heavy atom. The fourth-order valence-corrected chi connectivity index (χ4v) is 3.71. The first-order valence-electron chi connectivity index (χ1n) is 8.78. The van der Waals surface area contributed by atoms with Crippen molar-refractivity contribution in [3.63, 3.8) is 0 Å². The van der Waals surface area contributed by atoms with Crippen LogP contribution < -0.4 is 0 Å². The summed E-state index contributed by atoms with van der Waals surface area (Å²) >= 11 is 12.1. The Bertz CT molecular complexity index is 973. The van der Waals surface area contributed by atoms with Crippen LogP contribution in [-0.2, 0) is 0 Å². The average molecular weight is 402 g/mol. The van der Waals surface area contributed by atoms with E-state index in [1.807, 2.05) is 12.1 Å². The molecule has 138 valence electrons. The number of carbonyl (C=O) groups excluding carboxylic acids is 1. The second kappa shape index (κ2) is 7.71. The minimum atomic E-state index is -0.245. The Balaban J connectivity index is 1.62. The molecule has 7 heteroatoms. The zero-order chi connectivity index (χ0) is 18.8. The lowest BCUT2D eigenvalue weighted by Crippen LogP contribution is -2.38. The number of carbonyl (C=O) groups is 1. The maximum Gasteiger partial charge on any atom is 0.254 e. The highest BCUT2D eigenvalue weighted by Gasteiger charge is 2.32. The number of likely N-dealkylation sites (tertiary alicyclic amines) is 1. The number of benzene rings is 2. The van der Waals surface area contributed by atoms with E-state index in [0.29, 0.717) is 33.9 Å². The molecular formula is C20H17Cl2N3O2. The largest absolute Gasteiger partial charge is 0.337 e. The highest BCUT2D eigenvalue weighted by atomic mass is 35.5. The van der Waals surface area contributed by atoms with Crippen LogP contribution in [0.25, 0.3) is 11.4 Å². The van der Waals surface area contributed by atoms with E-state index in [9.17, 15) is 4.79 Å². The molecular weight excluding hydrogens is 385 g/mol. The third-order valence-electron chi connectivity index (χ3n) is 4.64. The van der Waals surface area contributed by atoms with Crippen LogP contribution in [0.4, 0.5) is 0 Å². The van der Waals surface area contributed by atoms with E-state index in [1.54, 1.807) is 41.3 Å². The molecule has 2 aromatic carbocycles. The summed E-state index contributed by atoms with van der Waals surface area (Å²) in [6.45, 7) is 0.644. The molecule has 0 radical (unpaired) electrons. The maximum absolute atomic E-state index is 13.0. The summed E-state index contributed by atoms with van der Waals surface area (Å²) in [5.41, 5.74) is 1.34. The van der Waals surface area contributed by atoms with E-state index in [0.717, 1.165) is 24.8 Å². The number of amides is 1. The van der Waals surface area contributed by atoms with Gasteiger partial charge in [0.05, 0.1) is 0 Å². The number of hydrogen-bond donors (Lipinski definition) is 0. The Hall–Kier alpha value is -2.37. The van der Waals surface area contributed by atoms with E-state index < -0.39 is 0 Å². The van der Waals surface area contributed by atoms with Gasteiger partial charge in [-0.15, -0.1) is 0 Å². The van der Waals surface area contributed by atoms with Gasteiger partial charge in [0.2, 0.25) is 11.7 Å². The normalized spacial score (nSPS) is 17.1. The third kappa shape index (κ3) is 3.84. The molecule has 0 saturated carbocycles. The van der Waals surface area contributed by atoms with Gasteiger partial charge < -0.3 is 9.42 Å². The van der Waals surface area contributed by atoms with Crippen LogP contribution in [0, 0.1) is 0 Å². The first-order valence-corrected chi connectivity index (χ1v) is 9.53.